The highest BCUT2D eigenvalue weighted by Crippen LogP contribution is 2.27. The summed E-state index contributed by atoms with van der Waals surface area (Å²) in [5, 5.41) is 0. The summed E-state index contributed by atoms with van der Waals surface area (Å²) in [6, 6.07) is 14.6. The van der Waals surface area contributed by atoms with Gasteiger partial charge in [-0.05, 0) is 30.7 Å². The topological polar surface area (TPSA) is 45.2 Å². The standard InChI is InChI=1S/C20H21N5/c1-15-8-9-16(11-21-15)10-19-22-12-17-13-25(14-24(2)20(17)23-19)18-6-4-3-5-7-18/h3-9,11-12H,10,13-14H2,1-2H3. The molecule has 0 radical (unpaired) electrons. The Morgan fingerprint density at radius 3 is 2.60 bits per heavy atom. The van der Waals surface area contributed by atoms with E-state index in [0.29, 0.717) is 6.42 Å². The smallest absolute Gasteiger partial charge is 0.138 e. The van der Waals surface area contributed by atoms with Gasteiger partial charge in [0, 0.05) is 49.4 Å². The van der Waals surface area contributed by atoms with Gasteiger partial charge in [0.05, 0.1) is 6.67 Å². The van der Waals surface area contributed by atoms with Gasteiger partial charge in [-0.2, -0.15) is 0 Å². The second kappa shape index (κ2) is 6.51. The van der Waals surface area contributed by atoms with E-state index in [4.69, 9.17) is 4.98 Å². The Balaban J connectivity index is 1.57. The normalized spacial score (nSPS) is 13.7. The fraction of sp³-hybridized carbons (Fsp3) is 0.250. The molecule has 0 bridgehead atoms. The molecule has 1 aromatic carbocycles. The molecule has 3 aromatic rings. The van der Waals surface area contributed by atoms with E-state index in [1.807, 2.05) is 31.5 Å². The second-order valence-electron chi connectivity index (χ2n) is 6.49. The molecular formula is C20H21N5. The third-order valence-corrected chi connectivity index (χ3v) is 4.45. The molecule has 0 fully saturated rings. The summed E-state index contributed by atoms with van der Waals surface area (Å²) in [5.41, 5.74) is 4.53. The van der Waals surface area contributed by atoms with E-state index in [-0.39, 0.29) is 0 Å². The second-order valence-corrected chi connectivity index (χ2v) is 6.49. The van der Waals surface area contributed by atoms with Crippen LogP contribution in [0.15, 0.2) is 54.9 Å². The monoisotopic (exact) mass is 331 g/mol. The highest BCUT2D eigenvalue weighted by Gasteiger charge is 2.22. The van der Waals surface area contributed by atoms with Crippen LogP contribution >= 0.6 is 0 Å². The number of aryl methyl sites for hydroxylation is 1. The molecule has 0 spiro atoms. The maximum atomic E-state index is 4.80. The number of nitrogens with zero attached hydrogens (tertiary/aromatic N) is 5. The van der Waals surface area contributed by atoms with Gasteiger partial charge in [-0.3, -0.25) is 4.98 Å². The number of rotatable bonds is 3. The maximum absolute atomic E-state index is 4.80. The van der Waals surface area contributed by atoms with Crippen LogP contribution in [0.25, 0.3) is 0 Å². The van der Waals surface area contributed by atoms with Gasteiger partial charge in [0.15, 0.2) is 0 Å². The molecule has 3 heterocycles. The van der Waals surface area contributed by atoms with E-state index in [2.05, 4.69) is 57.1 Å². The van der Waals surface area contributed by atoms with E-state index >= 15 is 0 Å². The molecule has 0 saturated heterocycles. The van der Waals surface area contributed by atoms with Crippen LogP contribution < -0.4 is 9.80 Å². The van der Waals surface area contributed by atoms with Crippen molar-refractivity contribution >= 4 is 11.5 Å². The van der Waals surface area contributed by atoms with Crippen LogP contribution in [0.1, 0.15) is 22.6 Å². The van der Waals surface area contributed by atoms with E-state index in [1.165, 1.54) is 5.69 Å². The minimum absolute atomic E-state index is 0.705. The third-order valence-electron chi connectivity index (χ3n) is 4.45. The first-order valence-electron chi connectivity index (χ1n) is 8.46. The predicted molar refractivity (Wildman–Crippen MR) is 99.7 cm³/mol. The lowest BCUT2D eigenvalue weighted by molar-refractivity contribution is 0.707. The molecule has 1 aliphatic rings. The Morgan fingerprint density at radius 2 is 1.84 bits per heavy atom. The lowest BCUT2D eigenvalue weighted by Crippen LogP contribution is -2.41. The molecule has 1 aliphatic heterocycles. The summed E-state index contributed by atoms with van der Waals surface area (Å²) in [4.78, 5) is 18.2. The molecule has 0 saturated carbocycles. The Morgan fingerprint density at radius 1 is 1.00 bits per heavy atom. The number of aromatic nitrogens is 3. The quantitative estimate of drug-likeness (QED) is 0.737. The summed E-state index contributed by atoms with van der Waals surface area (Å²) >= 11 is 0. The molecule has 5 nitrogen and oxygen atoms in total. The molecule has 0 amide bonds. The molecule has 0 atom stereocenters. The summed E-state index contributed by atoms with van der Waals surface area (Å²) in [6.45, 7) is 3.64. The summed E-state index contributed by atoms with van der Waals surface area (Å²) in [7, 11) is 2.08. The van der Waals surface area contributed by atoms with Crippen LogP contribution in [0.2, 0.25) is 0 Å². The van der Waals surface area contributed by atoms with Crippen LogP contribution in [0.3, 0.4) is 0 Å². The van der Waals surface area contributed by atoms with E-state index in [0.717, 1.165) is 41.7 Å². The van der Waals surface area contributed by atoms with Gasteiger partial charge in [-0.1, -0.05) is 24.3 Å². The van der Waals surface area contributed by atoms with Crippen molar-refractivity contribution in [3.05, 3.63) is 77.5 Å². The fourth-order valence-corrected chi connectivity index (χ4v) is 3.14. The third kappa shape index (κ3) is 3.31. The predicted octanol–water partition coefficient (Wildman–Crippen LogP) is 3.18. The SMILES string of the molecule is Cc1ccc(Cc2ncc3c(n2)N(C)CN(c2ccccc2)C3)cn1. The molecule has 25 heavy (non-hydrogen) atoms. The van der Waals surface area contributed by atoms with Crippen molar-refractivity contribution in [3.63, 3.8) is 0 Å². The largest absolute Gasteiger partial charge is 0.349 e. The first kappa shape index (κ1) is 15.6. The zero-order chi connectivity index (χ0) is 17.2. The van der Waals surface area contributed by atoms with Crippen molar-refractivity contribution < 1.29 is 0 Å². The summed E-state index contributed by atoms with van der Waals surface area (Å²) in [6.07, 6.45) is 4.57. The van der Waals surface area contributed by atoms with Crippen molar-refractivity contribution in [2.75, 3.05) is 23.5 Å². The lowest BCUT2D eigenvalue weighted by atomic mass is 10.1. The summed E-state index contributed by atoms with van der Waals surface area (Å²) < 4.78 is 0. The molecule has 4 rings (SSSR count). The molecule has 5 heteroatoms. The van der Waals surface area contributed by atoms with Crippen molar-refractivity contribution in [1.29, 1.82) is 0 Å². The van der Waals surface area contributed by atoms with Crippen molar-refractivity contribution in [2.45, 2.75) is 19.9 Å². The highest BCUT2D eigenvalue weighted by molar-refractivity contribution is 5.56. The number of pyridine rings is 1. The average molecular weight is 331 g/mol. The number of anilines is 2. The number of para-hydroxylation sites is 1. The van der Waals surface area contributed by atoms with Gasteiger partial charge in [-0.15, -0.1) is 0 Å². The van der Waals surface area contributed by atoms with E-state index < -0.39 is 0 Å². The number of benzene rings is 1. The minimum atomic E-state index is 0.705. The van der Waals surface area contributed by atoms with Crippen molar-refractivity contribution in [2.24, 2.45) is 0 Å². The molecule has 126 valence electrons. The fourth-order valence-electron chi connectivity index (χ4n) is 3.14. The van der Waals surface area contributed by atoms with Crippen LogP contribution in [-0.2, 0) is 13.0 Å². The van der Waals surface area contributed by atoms with Gasteiger partial charge in [-0.25, -0.2) is 9.97 Å². The van der Waals surface area contributed by atoms with Gasteiger partial charge in [0.2, 0.25) is 0 Å². The average Bonchev–Trinajstić information content (AvgIpc) is 2.65. The molecular weight excluding hydrogens is 310 g/mol. The molecule has 2 aromatic heterocycles. The van der Waals surface area contributed by atoms with Crippen LogP contribution in [0, 0.1) is 6.92 Å². The van der Waals surface area contributed by atoms with Crippen LogP contribution in [0.4, 0.5) is 11.5 Å². The lowest BCUT2D eigenvalue weighted by Gasteiger charge is -2.36. The van der Waals surface area contributed by atoms with E-state index in [9.17, 15) is 0 Å². The molecule has 0 N–H and O–H groups in total. The van der Waals surface area contributed by atoms with Crippen LogP contribution in [-0.4, -0.2) is 28.7 Å². The zero-order valence-electron chi connectivity index (χ0n) is 14.6. The zero-order valence-corrected chi connectivity index (χ0v) is 14.6. The Labute approximate surface area is 148 Å². The van der Waals surface area contributed by atoms with E-state index in [1.54, 1.807) is 0 Å². The van der Waals surface area contributed by atoms with Gasteiger partial charge >= 0.3 is 0 Å². The molecule has 0 aliphatic carbocycles. The number of fused-ring (bicyclic) bond motifs is 1. The Kier molecular flexibility index (Phi) is 4.06. The van der Waals surface area contributed by atoms with Gasteiger partial charge in [0.1, 0.15) is 11.6 Å². The van der Waals surface area contributed by atoms with Crippen LogP contribution in [0.5, 0.6) is 0 Å². The maximum Gasteiger partial charge on any atom is 0.138 e. The summed E-state index contributed by atoms with van der Waals surface area (Å²) in [5.74, 6) is 1.86. The minimum Gasteiger partial charge on any atom is -0.349 e. The Hall–Kier alpha value is -2.95. The first-order chi connectivity index (χ1) is 12.2. The van der Waals surface area contributed by atoms with Gasteiger partial charge < -0.3 is 9.80 Å². The number of hydrogen-bond acceptors (Lipinski definition) is 5. The Bertz CT molecular complexity index is 861. The number of hydrogen-bond donors (Lipinski definition) is 0. The van der Waals surface area contributed by atoms with Gasteiger partial charge in [0.25, 0.3) is 0 Å². The van der Waals surface area contributed by atoms with Crippen molar-refractivity contribution in [1.82, 2.24) is 15.0 Å². The highest BCUT2D eigenvalue weighted by atomic mass is 15.3. The van der Waals surface area contributed by atoms with Crippen molar-refractivity contribution in [3.8, 4) is 0 Å². The molecule has 0 unspecified atom stereocenters. The first-order valence-corrected chi connectivity index (χ1v) is 8.46.